The van der Waals surface area contributed by atoms with E-state index in [0.717, 1.165) is 18.0 Å². The summed E-state index contributed by atoms with van der Waals surface area (Å²) in [7, 11) is 0. The van der Waals surface area contributed by atoms with Crippen LogP contribution in [0.5, 0.6) is 0 Å². The molecule has 138 valence electrons. The number of hydrogen-bond donors (Lipinski definition) is 3. The lowest BCUT2D eigenvalue weighted by Crippen LogP contribution is -2.43. The monoisotopic (exact) mass is 365 g/mol. The third-order valence-corrected chi connectivity index (χ3v) is 6.27. The van der Waals surface area contributed by atoms with Gasteiger partial charge in [0.1, 0.15) is 0 Å². The Morgan fingerprint density at radius 3 is 2.72 bits per heavy atom. The van der Waals surface area contributed by atoms with Crippen molar-refractivity contribution in [3.63, 3.8) is 0 Å². The quantitative estimate of drug-likeness (QED) is 0.724. The first-order valence-electron chi connectivity index (χ1n) is 9.37. The van der Waals surface area contributed by atoms with Crippen molar-refractivity contribution >= 4 is 17.5 Å². The van der Waals surface area contributed by atoms with Gasteiger partial charge in [-0.2, -0.15) is 0 Å². The number of amides is 1. The van der Waals surface area contributed by atoms with E-state index < -0.39 is 6.10 Å². The zero-order valence-corrected chi connectivity index (χ0v) is 15.4. The van der Waals surface area contributed by atoms with Gasteiger partial charge in [0.15, 0.2) is 0 Å². The van der Waals surface area contributed by atoms with Gasteiger partial charge >= 0.3 is 0 Å². The number of carbonyl (C=O) groups is 1. The fourth-order valence-corrected chi connectivity index (χ4v) is 4.85. The van der Waals surface area contributed by atoms with E-state index >= 15 is 0 Å². The minimum Gasteiger partial charge on any atom is -0.394 e. The first kappa shape index (κ1) is 18.7. The SMILES string of the molecule is O=C(NCC12CCCC(CCC1)C2)c1cc(CC(O)CO)ccc1Cl. The second kappa shape index (κ2) is 8.07. The van der Waals surface area contributed by atoms with E-state index in [2.05, 4.69) is 5.32 Å². The Balaban J connectivity index is 1.65. The molecule has 1 aromatic rings. The molecule has 3 rings (SSSR count). The zero-order chi connectivity index (χ0) is 17.9. The molecule has 1 atom stereocenters. The number of fused-ring (bicyclic) bond motifs is 2. The molecular weight excluding hydrogens is 338 g/mol. The van der Waals surface area contributed by atoms with Crippen LogP contribution in [-0.4, -0.2) is 35.4 Å². The fourth-order valence-electron chi connectivity index (χ4n) is 4.64. The number of aliphatic hydroxyl groups excluding tert-OH is 2. The molecule has 2 bridgehead atoms. The Hall–Kier alpha value is -1.10. The Morgan fingerprint density at radius 2 is 2.04 bits per heavy atom. The van der Waals surface area contributed by atoms with Crippen LogP contribution >= 0.6 is 11.6 Å². The summed E-state index contributed by atoms with van der Waals surface area (Å²) in [5, 5.41) is 22.1. The molecule has 2 aliphatic rings. The molecule has 1 unspecified atom stereocenters. The average molecular weight is 366 g/mol. The predicted molar refractivity (Wildman–Crippen MR) is 98.8 cm³/mol. The minimum absolute atomic E-state index is 0.146. The maximum atomic E-state index is 12.7. The molecule has 2 fully saturated rings. The summed E-state index contributed by atoms with van der Waals surface area (Å²) in [6, 6.07) is 5.19. The maximum Gasteiger partial charge on any atom is 0.252 e. The van der Waals surface area contributed by atoms with Gasteiger partial charge in [-0.05, 0) is 48.3 Å². The lowest BCUT2D eigenvalue weighted by molar-refractivity contribution is 0.0681. The van der Waals surface area contributed by atoms with Crippen LogP contribution in [0.1, 0.15) is 60.9 Å². The molecule has 2 aliphatic carbocycles. The number of benzene rings is 1. The van der Waals surface area contributed by atoms with E-state index in [1.54, 1.807) is 18.2 Å². The number of rotatable bonds is 6. The van der Waals surface area contributed by atoms with Crippen LogP contribution in [0.3, 0.4) is 0 Å². The van der Waals surface area contributed by atoms with Gasteiger partial charge in [0.2, 0.25) is 0 Å². The molecule has 3 N–H and O–H groups in total. The van der Waals surface area contributed by atoms with Crippen LogP contribution in [0.25, 0.3) is 0 Å². The van der Waals surface area contributed by atoms with Gasteiger partial charge in [-0.15, -0.1) is 0 Å². The number of halogens is 1. The molecule has 0 aromatic heterocycles. The van der Waals surface area contributed by atoms with E-state index in [9.17, 15) is 9.90 Å². The van der Waals surface area contributed by atoms with Crippen molar-refractivity contribution in [2.45, 2.75) is 57.5 Å². The van der Waals surface area contributed by atoms with Crippen LogP contribution in [0.4, 0.5) is 0 Å². The highest BCUT2D eigenvalue weighted by atomic mass is 35.5. The number of hydrogen-bond acceptors (Lipinski definition) is 3. The largest absolute Gasteiger partial charge is 0.394 e. The van der Waals surface area contributed by atoms with Crippen molar-refractivity contribution in [3.05, 3.63) is 34.3 Å². The molecule has 1 amide bonds. The summed E-state index contributed by atoms with van der Waals surface area (Å²) in [6.45, 7) is 0.427. The fraction of sp³-hybridized carbons (Fsp3) is 0.650. The molecule has 25 heavy (non-hydrogen) atoms. The van der Waals surface area contributed by atoms with E-state index in [-0.39, 0.29) is 17.9 Å². The molecule has 1 aromatic carbocycles. The summed E-state index contributed by atoms with van der Waals surface area (Å²) in [6.07, 6.45) is 8.38. The molecule has 4 nitrogen and oxygen atoms in total. The molecule has 2 saturated carbocycles. The van der Waals surface area contributed by atoms with Crippen molar-refractivity contribution in [1.82, 2.24) is 5.32 Å². The lowest BCUT2D eigenvalue weighted by atomic mass is 9.62. The van der Waals surface area contributed by atoms with E-state index in [4.69, 9.17) is 16.7 Å². The highest BCUT2D eigenvalue weighted by Gasteiger charge is 2.39. The molecule has 0 spiro atoms. The smallest absolute Gasteiger partial charge is 0.252 e. The van der Waals surface area contributed by atoms with E-state index in [1.807, 2.05) is 0 Å². The van der Waals surface area contributed by atoms with Gasteiger partial charge in [0.25, 0.3) is 5.91 Å². The van der Waals surface area contributed by atoms with Gasteiger partial charge in [-0.1, -0.05) is 43.4 Å². The number of aliphatic hydroxyl groups is 2. The van der Waals surface area contributed by atoms with Crippen LogP contribution in [0, 0.1) is 11.3 Å². The molecular formula is C20H28ClNO3. The van der Waals surface area contributed by atoms with E-state index in [1.165, 1.54) is 44.9 Å². The number of nitrogens with one attached hydrogen (secondary N) is 1. The highest BCUT2D eigenvalue weighted by Crippen LogP contribution is 2.48. The molecule has 0 radical (unpaired) electrons. The first-order chi connectivity index (χ1) is 12.0. The van der Waals surface area contributed by atoms with Crippen LogP contribution in [0.15, 0.2) is 18.2 Å². The Kier molecular flexibility index (Phi) is 6.03. The lowest BCUT2D eigenvalue weighted by Gasteiger charge is -2.45. The minimum atomic E-state index is -0.822. The summed E-state index contributed by atoms with van der Waals surface area (Å²) >= 11 is 6.21. The van der Waals surface area contributed by atoms with Gasteiger partial charge in [-0.25, -0.2) is 0 Å². The summed E-state index contributed by atoms with van der Waals surface area (Å²) in [5.41, 5.74) is 1.52. The van der Waals surface area contributed by atoms with Crippen molar-refractivity contribution in [1.29, 1.82) is 0 Å². The van der Waals surface area contributed by atoms with Crippen molar-refractivity contribution in [2.75, 3.05) is 13.2 Å². The highest BCUT2D eigenvalue weighted by molar-refractivity contribution is 6.33. The van der Waals surface area contributed by atoms with Gasteiger partial charge in [-0.3, -0.25) is 4.79 Å². The maximum absolute atomic E-state index is 12.7. The molecule has 0 heterocycles. The van der Waals surface area contributed by atoms with Crippen molar-refractivity contribution in [3.8, 4) is 0 Å². The molecule has 0 saturated heterocycles. The van der Waals surface area contributed by atoms with Crippen molar-refractivity contribution < 1.29 is 15.0 Å². The Labute approximate surface area is 154 Å². The normalized spacial score (nSPS) is 26.9. The van der Waals surface area contributed by atoms with E-state index in [0.29, 0.717) is 17.0 Å². The van der Waals surface area contributed by atoms with Crippen LogP contribution in [0.2, 0.25) is 5.02 Å². The van der Waals surface area contributed by atoms with Crippen molar-refractivity contribution in [2.24, 2.45) is 11.3 Å². The summed E-state index contributed by atoms with van der Waals surface area (Å²) in [5.74, 6) is 0.693. The molecule has 5 heteroatoms. The summed E-state index contributed by atoms with van der Waals surface area (Å²) in [4.78, 5) is 12.7. The first-order valence-corrected chi connectivity index (χ1v) is 9.75. The topological polar surface area (TPSA) is 69.6 Å². The predicted octanol–water partition coefficient (Wildman–Crippen LogP) is 3.33. The zero-order valence-electron chi connectivity index (χ0n) is 14.6. The number of carbonyl (C=O) groups excluding carboxylic acids is 1. The van der Waals surface area contributed by atoms with Gasteiger partial charge < -0.3 is 15.5 Å². The second-order valence-electron chi connectivity index (χ2n) is 7.89. The Bertz CT molecular complexity index is 609. The third-order valence-electron chi connectivity index (χ3n) is 5.94. The van der Waals surface area contributed by atoms with Crippen LogP contribution < -0.4 is 5.32 Å². The van der Waals surface area contributed by atoms with Gasteiger partial charge in [0.05, 0.1) is 23.3 Å². The Morgan fingerprint density at radius 1 is 1.32 bits per heavy atom. The van der Waals surface area contributed by atoms with Gasteiger partial charge in [0, 0.05) is 13.0 Å². The standard InChI is InChI=1S/C20H28ClNO3/c21-18-6-5-15(9-16(24)12-23)10-17(18)19(25)22-13-20-7-1-3-14(11-20)4-2-8-20/h5-6,10,14,16,23-24H,1-4,7-9,11-13H2,(H,22,25). The second-order valence-corrected chi connectivity index (χ2v) is 8.30. The average Bonchev–Trinajstić information content (AvgIpc) is 2.61. The molecule has 0 aliphatic heterocycles. The summed E-state index contributed by atoms with van der Waals surface area (Å²) < 4.78 is 0. The van der Waals surface area contributed by atoms with Crippen LogP contribution in [-0.2, 0) is 6.42 Å². The third kappa shape index (κ3) is 4.55.